The van der Waals surface area contributed by atoms with Crippen molar-refractivity contribution in [1.82, 2.24) is 0 Å². The van der Waals surface area contributed by atoms with Gasteiger partial charge < -0.3 is 18.9 Å². The number of cyclic esters (lactones) is 1. The highest BCUT2D eigenvalue weighted by molar-refractivity contribution is 6.08. The molecule has 1 fully saturated rings. The summed E-state index contributed by atoms with van der Waals surface area (Å²) in [4.78, 5) is 16.4. The van der Waals surface area contributed by atoms with Crippen molar-refractivity contribution >= 4 is 17.9 Å². The number of carbonyl (C=O) groups is 1. The fourth-order valence-electron chi connectivity index (χ4n) is 2.63. The van der Waals surface area contributed by atoms with E-state index in [-0.39, 0.29) is 11.6 Å². The lowest BCUT2D eigenvalue weighted by molar-refractivity contribution is -0.130. The standard InChI is InChI=1S/C17H19NO5/c1-20-13-4-3-12(15(10-13)21-2)9-14-17(19)23-16(18-14)11-5-7-22-8-6-11/h3-4,9-11H,5-8H2,1-2H3/b14-9+. The lowest BCUT2D eigenvalue weighted by Crippen LogP contribution is -2.24. The highest BCUT2D eigenvalue weighted by Gasteiger charge is 2.30. The van der Waals surface area contributed by atoms with E-state index in [9.17, 15) is 4.79 Å². The van der Waals surface area contributed by atoms with Crippen LogP contribution >= 0.6 is 0 Å². The quantitative estimate of drug-likeness (QED) is 0.630. The molecule has 6 nitrogen and oxygen atoms in total. The molecule has 0 radical (unpaired) electrons. The molecule has 1 aromatic carbocycles. The highest BCUT2D eigenvalue weighted by atomic mass is 16.6. The van der Waals surface area contributed by atoms with Gasteiger partial charge in [-0.3, -0.25) is 0 Å². The second-order valence-corrected chi connectivity index (χ2v) is 5.36. The third-order valence-electron chi connectivity index (χ3n) is 3.94. The molecule has 3 rings (SSSR count). The van der Waals surface area contributed by atoms with Crippen molar-refractivity contribution in [3.63, 3.8) is 0 Å². The zero-order valence-electron chi connectivity index (χ0n) is 13.2. The Morgan fingerprint density at radius 1 is 1.22 bits per heavy atom. The predicted octanol–water partition coefficient (Wildman–Crippen LogP) is 2.43. The fourth-order valence-corrected chi connectivity index (χ4v) is 2.63. The lowest BCUT2D eigenvalue weighted by atomic mass is 10.0. The van der Waals surface area contributed by atoms with Gasteiger partial charge in [0.05, 0.1) is 14.2 Å². The Morgan fingerprint density at radius 3 is 2.70 bits per heavy atom. The van der Waals surface area contributed by atoms with Crippen LogP contribution in [0.5, 0.6) is 11.5 Å². The normalized spacial score (nSPS) is 20.3. The topological polar surface area (TPSA) is 66.3 Å². The van der Waals surface area contributed by atoms with E-state index in [0.29, 0.717) is 30.6 Å². The highest BCUT2D eigenvalue weighted by Crippen LogP contribution is 2.29. The smallest absolute Gasteiger partial charge is 0.363 e. The molecule has 0 saturated carbocycles. The Morgan fingerprint density at radius 2 is 2.00 bits per heavy atom. The zero-order chi connectivity index (χ0) is 16.2. The average molecular weight is 317 g/mol. The molecule has 0 N–H and O–H groups in total. The molecule has 0 spiro atoms. The summed E-state index contributed by atoms with van der Waals surface area (Å²) in [7, 11) is 3.16. The van der Waals surface area contributed by atoms with Crippen molar-refractivity contribution in [2.45, 2.75) is 12.8 Å². The Bertz CT molecular complexity index is 659. The second kappa shape index (κ2) is 6.83. The summed E-state index contributed by atoms with van der Waals surface area (Å²) in [5, 5.41) is 0. The number of hydrogen-bond donors (Lipinski definition) is 0. The van der Waals surface area contributed by atoms with E-state index in [1.165, 1.54) is 0 Å². The molecule has 0 aromatic heterocycles. The van der Waals surface area contributed by atoms with Crippen molar-refractivity contribution in [3.05, 3.63) is 29.5 Å². The van der Waals surface area contributed by atoms with Crippen LogP contribution in [0.25, 0.3) is 6.08 Å². The van der Waals surface area contributed by atoms with Crippen molar-refractivity contribution < 1.29 is 23.7 Å². The molecule has 1 aromatic rings. The van der Waals surface area contributed by atoms with Crippen LogP contribution in [-0.2, 0) is 14.3 Å². The molecule has 2 heterocycles. The molecule has 0 amide bonds. The maximum atomic E-state index is 12.1. The number of ether oxygens (including phenoxy) is 4. The van der Waals surface area contributed by atoms with E-state index in [2.05, 4.69) is 4.99 Å². The Kier molecular flexibility index (Phi) is 4.62. The van der Waals surface area contributed by atoms with Crippen LogP contribution in [0.4, 0.5) is 0 Å². The van der Waals surface area contributed by atoms with Gasteiger partial charge in [-0.25, -0.2) is 9.79 Å². The van der Waals surface area contributed by atoms with Gasteiger partial charge in [-0.15, -0.1) is 0 Å². The fraction of sp³-hybridized carbons (Fsp3) is 0.412. The van der Waals surface area contributed by atoms with Gasteiger partial charge in [-0.2, -0.15) is 0 Å². The maximum Gasteiger partial charge on any atom is 0.363 e. The first-order valence-electron chi connectivity index (χ1n) is 7.53. The van der Waals surface area contributed by atoms with E-state index in [1.807, 2.05) is 6.07 Å². The first kappa shape index (κ1) is 15.6. The number of nitrogens with zero attached hydrogens (tertiary/aromatic N) is 1. The third-order valence-corrected chi connectivity index (χ3v) is 3.94. The van der Waals surface area contributed by atoms with Gasteiger partial charge in [0.2, 0.25) is 5.90 Å². The molecule has 122 valence electrons. The van der Waals surface area contributed by atoms with E-state index in [0.717, 1.165) is 18.4 Å². The van der Waals surface area contributed by atoms with Gasteiger partial charge >= 0.3 is 5.97 Å². The summed E-state index contributed by atoms with van der Waals surface area (Å²) in [5.41, 5.74) is 1.03. The van der Waals surface area contributed by atoms with Gasteiger partial charge in [-0.1, -0.05) is 0 Å². The number of rotatable bonds is 4. The largest absolute Gasteiger partial charge is 0.497 e. The van der Waals surface area contributed by atoms with E-state index in [1.54, 1.807) is 32.4 Å². The molecule has 6 heteroatoms. The predicted molar refractivity (Wildman–Crippen MR) is 84.6 cm³/mol. The second-order valence-electron chi connectivity index (χ2n) is 5.36. The zero-order valence-corrected chi connectivity index (χ0v) is 13.2. The van der Waals surface area contributed by atoms with E-state index >= 15 is 0 Å². The van der Waals surface area contributed by atoms with Gasteiger partial charge in [0.25, 0.3) is 0 Å². The number of methoxy groups -OCH3 is 2. The minimum absolute atomic E-state index is 0.149. The molecule has 0 bridgehead atoms. The van der Waals surface area contributed by atoms with Crippen LogP contribution in [0.1, 0.15) is 18.4 Å². The van der Waals surface area contributed by atoms with Crippen LogP contribution < -0.4 is 9.47 Å². The summed E-state index contributed by atoms with van der Waals surface area (Å²) in [5.74, 6) is 1.52. The molecule has 1 saturated heterocycles. The van der Waals surface area contributed by atoms with Crippen molar-refractivity contribution in [2.24, 2.45) is 10.9 Å². The summed E-state index contributed by atoms with van der Waals surface area (Å²) >= 11 is 0. The summed E-state index contributed by atoms with van der Waals surface area (Å²) in [6.45, 7) is 1.35. The molecule has 2 aliphatic rings. The Labute approximate surface area is 134 Å². The summed E-state index contributed by atoms with van der Waals surface area (Å²) in [6, 6.07) is 5.38. The molecule has 0 aliphatic carbocycles. The van der Waals surface area contributed by atoms with Gasteiger partial charge in [0, 0.05) is 30.8 Å². The number of benzene rings is 1. The minimum atomic E-state index is -0.427. The first-order chi connectivity index (χ1) is 11.2. The molecular weight excluding hydrogens is 298 g/mol. The first-order valence-corrected chi connectivity index (χ1v) is 7.53. The van der Waals surface area contributed by atoms with Crippen molar-refractivity contribution in [1.29, 1.82) is 0 Å². The lowest BCUT2D eigenvalue weighted by Gasteiger charge is -2.20. The average Bonchev–Trinajstić information content (AvgIpc) is 2.97. The maximum absolute atomic E-state index is 12.1. The minimum Gasteiger partial charge on any atom is -0.497 e. The Balaban J connectivity index is 1.86. The molecular formula is C17H19NO5. The number of hydrogen-bond acceptors (Lipinski definition) is 6. The molecule has 0 atom stereocenters. The number of aliphatic imine (C=N–C) groups is 1. The van der Waals surface area contributed by atoms with Gasteiger partial charge in [-0.05, 0) is 31.1 Å². The van der Waals surface area contributed by atoms with E-state index in [4.69, 9.17) is 18.9 Å². The van der Waals surface area contributed by atoms with Crippen LogP contribution in [-0.4, -0.2) is 39.3 Å². The van der Waals surface area contributed by atoms with Crippen LogP contribution in [0.2, 0.25) is 0 Å². The number of esters is 1. The molecule has 0 unspecified atom stereocenters. The van der Waals surface area contributed by atoms with Gasteiger partial charge in [0.1, 0.15) is 11.5 Å². The molecule has 2 aliphatic heterocycles. The Hall–Kier alpha value is -2.34. The van der Waals surface area contributed by atoms with Crippen LogP contribution in [0.15, 0.2) is 28.9 Å². The van der Waals surface area contributed by atoms with Crippen LogP contribution in [0.3, 0.4) is 0 Å². The monoisotopic (exact) mass is 317 g/mol. The molecule has 23 heavy (non-hydrogen) atoms. The number of carbonyl (C=O) groups excluding carboxylic acids is 1. The van der Waals surface area contributed by atoms with Gasteiger partial charge in [0.15, 0.2) is 5.70 Å². The third kappa shape index (κ3) is 3.37. The van der Waals surface area contributed by atoms with Crippen molar-refractivity contribution in [2.75, 3.05) is 27.4 Å². The summed E-state index contributed by atoms with van der Waals surface area (Å²) < 4.78 is 21.2. The van der Waals surface area contributed by atoms with E-state index < -0.39 is 5.97 Å². The van der Waals surface area contributed by atoms with Crippen molar-refractivity contribution in [3.8, 4) is 11.5 Å². The summed E-state index contributed by atoms with van der Waals surface area (Å²) in [6.07, 6.45) is 3.32. The SMILES string of the molecule is COc1ccc(/C=C2/N=C(C3CCOCC3)OC2=O)c(OC)c1. The van der Waals surface area contributed by atoms with Crippen LogP contribution in [0, 0.1) is 5.92 Å².